The summed E-state index contributed by atoms with van der Waals surface area (Å²) in [5.74, 6) is 1.07. The molecule has 4 rings (SSSR count). The van der Waals surface area contributed by atoms with Crippen molar-refractivity contribution in [2.24, 2.45) is 0 Å². The van der Waals surface area contributed by atoms with E-state index >= 15 is 0 Å². The van der Waals surface area contributed by atoms with Gasteiger partial charge in [-0.3, -0.25) is 9.59 Å². The van der Waals surface area contributed by atoms with Crippen molar-refractivity contribution in [3.05, 3.63) is 52.4 Å². The van der Waals surface area contributed by atoms with Crippen molar-refractivity contribution in [1.82, 2.24) is 4.90 Å². The maximum Gasteiger partial charge on any atom is 0.264 e. The van der Waals surface area contributed by atoms with Crippen LogP contribution in [-0.4, -0.2) is 64.3 Å². The summed E-state index contributed by atoms with van der Waals surface area (Å²) in [4.78, 5) is 30.7. The van der Waals surface area contributed by atoms with Crippen LogP contribution >= 0.6 is 11.8 Å². The summed E-state index contributed by atoms with van der Waals surface area (Å²) in [6.45, 7) is 2.26. The van der Waals surface area contributed by atoms with Crippen molar-refractivity contribution >= 4 is 35.3 Å². The molecule has 2 aliphatic rings. The molecule has 0 saturated carbocycles. The molecule has 0 N–H and O–H groups in total. The van der Waals surface area contributed by atoms with E-state index in [2.05, 4.69) is 0 Å². The molecule has 7 nitrogen and oxygen atoms in total. The molecule has 0 unspecified atom stereocenters. The maximum atomic E-state index is 13.0. The second-order valence-corrected chi connectivity index (χ2v) is 8.26. The van der Waals surface area contributed by atoms with Crippen LogP contribution < -0.4 is 14.4 Å². The zero-order chi connectivity index (χ0) is 22.0. The van der Waals surface area contributed by atoms with Gasteiger partial charge in [-0.1, -0.05) is 17.8 Å². The Bertz CT molecular complexity index is 1050. The smallest absolute Gasteiger partial charge is 0.264 e. The zero-order valence-electron chi connectivity index (χ0n) is 17.7. The molecule has 0 bridgehead atoms. The molecular weight excluding hydrogens is 416 g/mol. The maximum absolute atomic E-state index is 13.0. The number of amides is 2. The fourth-order valence-corrected chi connectivity index (χ4v) is 4.66. The molecule has 2 aromatic rings. The molecule has 1 fully saturated rings. The Morgan fingerprint density at radius 3 is 2.52 bits per heavy atom. The fourth-order valence-electron chi connectivity index (χ4n) is 3.57. The lowest BCUT2D eigenvalue weighted by Gasteiger charge is -2.29. The van der Waals surface area contributed by atoms with Gasteiger partial charge in [0.25, 0.3) is 11.8 Å². The summed E-state index contributed by atoms with van der Waals surface area (Å²) >= 11 is 1.40. The first-order valence-electron chi connectivity index (χ1n) is 9.92. The largest absolute Gasteiger partial charge is 0.493 e. The number of carbonyl (C=O) groups is 2. The number of ether oxygens (including phenoxy) is 3. The molecule has 31 heavy (non-hydrogen) atoms. The highest BCUT2D eigenvalue weighted by molar-refractivity contribution is 8.04. The standard InChI is InChI=1S/C23H24N2O5S/c1-24-17-14-16(22(26)25-8-10-30-11-9-25)5-7-20(17)31-21(23(24)27)13-15-4-6-18(28-2)19(12-15)29-3/h4-7,12-14H,8-11H2,1-3H3/b21-13-. The number of benzene rings is 2. The molecule has 0 atom stereocenters. The van der Waals surface area contributed by atoms with Crippen LogP contribution in [0.5, 0.6) is 11.5 Å². The van der Waals surface area contributed by atoms with Gasteiger partial charge in [0.05, 0.1) is 38.0 Å². The minimum absolute atomic E-state index is 0.0383. The van der Waals surface area contributed by atoms with Gasteiger partial charge in [0.1, 0.15) is 0 Å². The third kappa shape index (κ3) is 4.26. The van der Waals surface area contributed by atoms with Crippen LogP contribution in [0.15, 0.2) is 46.2 Å². The van der Waals surface area contributed by atoms with Crippen LogP contribution in [0.25, 0.3) is 6.08 Å². The highest BCUT2D eigenvalue weighted by Gasteiger charge is 2.28. The molecule has 8 heteroatoms. The number of thioether (sulfide) groups is 1. The number of morpholine rings is 1. The average Bonchev–Trinajstić information content (AvgIpc) is 2.82. The molecule has 0 aromatic heterocycles. The Morgan fingerprint density at radius 2 is 1.81 bits per heavy atom. The van der Waals surface area contributed by atoms with Gasteiger partial charge >= 0.3 is 0 Å². The third-order valence-electron chi connectivity index (χ3n) is 5.31. The number of fused-ring (bicyclic) bond motifs is 1. The van der Waals surface area contributed by atoms with Crippen molar-refractivity contribution in [2.45, 2.75) is 4.90 Å². The summed E-state index contributed by atoms with van der Waals surface area (Å²) in [6.07, 6.45) is 1.83. The van der Waals surface area contributed by atoms with Crippen molar-refractivity contribution in [3.8, 4) is 11.5 Å². The van der Waals surface area contributed by atoms with Gasteiger partial charge in [-0.25, -0.2) is 0 Å². The van der Waals surface area contributed by atoms with Crippen LogP contribution in [0.4, 0.5) is 5.69 Å². The van der Waals surface area contributed by atoms with E-state index in [9.17, 15) is 9.59 Å². The summed E-state index contributed by atoms with van der Waals surface area (Å²) in [5, 5.41) is 0. The SMILES string of the molecule is COc1ccc(/C=C2\Sc3ccc(C(=O)N4CCOCC4)cc3N(C)C2=O)cc1OC. The molecule has 162 valence electrons. The Kier molecular flexibility index (Phi) is 6.20. The van der Waals surface area contributed by atoms with E-state index in [1.807, 2.05) is 36.4 Å². The predicted octanol–water partition coefficient (Wildman–Crippen LogP) is 3.29. The lowest BCUT2D eigenvalue weighted by molar-refractivity contribution is -0.114. The van der Waals surface area contributed by atoms with E-state index in [-0.39, 0.29) is 11.8 Å². The Labute approximate surface area is 185 Å². The number of likely N-dealkylation sites (N-methyl/N-ethyl adjacent to an activating group) is 1. The number of anilines is 1. The van der Waals surface area contributed by atoms with Crippen molar-refractivity contribution < 1.29 is 23.8 Å². The molecular formula is C23H24N2O5S. The van der Waals surface area contributed by atoms with Gasteiger partial charge in [-0.2, -0.15) is 0 Å². The normalized spacial score (nSPS) is 17.5. The molecule has 0 aliphatic carbocycles. The highest BCUT2D eigenvalue weighted by atomic mass is 32.2. The van der Waals surface area contributed by atoms with Crippen molar-refractivity contribution in [2.75, 3.05) is 52.5 Å². The number of nitrogens with zero attached hydrogens (tertiary/aromatic N) is 2. The quantitative estimate of drug-likeness (QED) is 0.680. The first-order valence-corrected chi connectivity index (χ1v) is 10.7. The summed E-state index contributed by atoms with van der Waals surface area (Å²) < 4.78 is 16.0. The highest BCUT2D eigenvalue weighted by Crippen LogP contribution is 2.42. The lowest BCUT2D eigenvalue weighted by Crippen LogP contribution is -2.40. The second-order valence-electron chi connectivity index (χ2n) is 7.18. The van der Waals surface area contributed by atoms with E-state index in [1.54, 1.807) is 37.1 Å². The van der Waals surface area contributed by atoms with Gasteiger partial charge in [-0.05, 0) is 42.0 Å². The van der Waals surface area contributed by atoms with E-state index in [0.717, 1.165) is 16.1 Å². The molecule has 2 heterocycles. The van der Waals surface area contributed by atoms with Crippen LogP contribution in [0, 0.1) is 0 Å². The minimum atomic E-state index is -0.122. The molecule has 0 spiro atoms. The van der Waals surface area contributed by atoms with Gasteiger partial charge in [0.15, 0.2) is 11.5 Å². The summed E-state index contributed by atoms with van der Waals surface area (Å²) in [5.41, 5.74) is 2.15. The summed E-state index contributed by atoms with van der Waals surface area (Å²) in [6, 6.07) is 11.0. The first-order chi connectivity index (χ1) is 15.0. The predicted molar refractivity (Wildman–Crippen MR) is 120 cm³/mol. The molecule has 2 aliphatic heterocycles. The second kappa shape index (κ2) is 9.03. The third-order valence-corrected chi connectivity index (χ3v) is 6.38. The van der Waals surface area contributed by atoms with Crippen molar-refractivity contribution in [3.63, 3.8) is 0 Å². The Morgan fingerprint density at radius 1 is 1.06 bits per heavy atom. The van der Waals surface area contributed by atoms with Gasteiger partial charge in [0, 0.05) is 30.6 Å². The van der Waals surface area contributed by atoms with Crippen LogP contribution in [0.3, 0.4) is 0 Å². The van der Waals surface area contributed by atoms with E-state index in [1.165, 1.54) is 11.8 Å². The number of hydrogen-bond donors (Lipinski definition) is 0. The van der Waals surface area contributed by atoms with E-state index in [4.69, 9.17) is 14.2 Å². The Hall–Kier alpha value is -2.97. The lowest BCUT2D eigenvalue weighted by atomic mass is 10.1. The minimum Gasteiger partial charge on any atom is -0.493 e. The van der Waals surface area contributed by atoms with Gasteiger partial charge < -0.3 is 24.0 Å². The molecule has 2 aromatic carbocycles. The zero-order valence-corrected chi connectivity index (χ0v) is 18.5. The van der Waals surface area contributed by atoms with Crippen molar-refractivity contribution in [1.29, 1.82) is 0 Å². The average molecular weight is 441 g/mol. The number of carbonyl (C=O) groups excluding carboxylic acids is 2. The van der Waals surface area contributed by atoms with Gasteiger partial charge in [-0.15, -0.1) is 0 Å². The number of hydrogen-bond acceptors (Lipinski definition) is 6. The fraction of sp³-hybridized carbons (Fsp3) is 0.304. The van der Waals surface area contributed by atoms with Crippen LogP contribution in [-0.2, 0) is 9.53 Å². The number of rotatable bonds is 4. The van der Waals surface area contributed by atoms with Crippen LogP contribution in [0.1, 0.15) is 15.9 Å². The van der Waals surface area contributed by atoms with Gasteiger partial charge in [0.2, 0.25) is 0 Å². The number of methoxy groups -OCH3 is 2. The molecule has 0 radical (unpaired) electrons. The summed E-state index contributed by atoms with van der Waals surface area (Å²) in [7, 11) is 4.89. The molecule has 1 saturated heterocycles. The van der Waals surface area contributed by atoms with E-state index in [0.29, 0.717) is 48.3 Å². The monoisotopic (exact) mass is 440 g/mol. The van der Waals surface area contributed by atoms with E-state index < -0.39 is 0 Å². The first kappa shape index (κ1) is 21.3. The topological polar surface area (TPSA) is 68.3 Å². The Balaban J connectivity index is 1.61. The molecule has 2 amide bonds. The van der Waals surface area contributed by atoms with Crippen LogP contribution in [0.2, 0.25) is 0 Å².